The Kier molecular flexibility index (Phi) is 4.78. The van der Waals surface area contributed by atoms with Crippen LogP contribution < -0.4 is 10.5 Å². The lowest BCUT2D eigenvalue weighted by molar-refractivity contribution is 0.412. The molecular formula is C16H19BrN2O. The summed E-state index contributed by atoms with van der Waals surface area (Å²) >= 11 is 3.50. The molecule has 1 heterocycles. The van der Waals surface area contributed by atoms with Gasteiger partial charge in [-0.3, -0.25) is 4.98 Å². The molecule has 3 nitrogen and oxygen atoms in total. The molecule has 0 aliphatic heterocycles. The smallest absolute Gasteiger partial charge is 0.133 e. The minimum absolute atomic E-state index is 0.101. The van der Waals surface area contributed by atoms with Crippen LogP contribution in [0.3, 0.4) is 0 Å². The fraction of sp³-hybridized carbons (Fsp3) is 0.312. The topological polar surface area (TPSA) is 48.1 Å². The van der Waals surface area contributed by atoms with Crippen molar-refractivity contribution < 1.29 is 4.74 Å². The van der Waals surface area contributed by atoms with Crippen LogP contribution in [-0.4, -0.2) is 12.1 Å². The quantitative estimate of drug-likeness (QED) is 0.927. The lowest BCUT2D eigenvalue weighted by Gasteiger charge is -2.15. The molecule has 1 aromatic heterocycles. The number of benzene rings is 1. The van der Waals surface area contributed by atoms with Crippen LogP contribution in [0.2, 0.25) is 0 Å². The number of aromatic nitrogens is 1. The van der Waals surface area contributed by atoms with Crippen LogP contribution >= 0.6 is 15.9 Å². The second kappa shape index (κ2) is 6.37. The second-order valence-corrected chi connectivity index (χ2v) is 5.85. The monoisotopic (exact) mass is 334 g/mol. The van der Waals surface area contributed by atoms with Crippen LogP contribution in [-0.2, 0) is 6.42 Å². The molecule has 20 heavy (non-hydrogen) atoms. The first-order chi connectivity index (χ1) is 9.51. The van der Waals surface area contributed by atoms with E-state index in [0.717, 1.165) is 39.0 Å². The first-order valence-corrected chi connectivity index (χ1v) is 7.31. The number of aryl methyl sites for hydroxylation is 2. The van der Waals surface area contributed by atoms with E-state index in [9.17, 15) is 0 Å². The Labute approximate surface area is 128 Å². The molecule has 0 saturated carbocycles. The van der Waals surface area contributed by atoms with Gasteiger partial charge >= 0.3 is 0 Å². The van der Waals surface area contributed by atoms with Crippen LogP contribution in [0.4, 0.5) is 0 Å². The van der Waals surface area contributed by atoms with E-state index < -0.39 is 0 Å². The Morgan fingerprint density at radius 2 is 2.05 bits per heavy atom. The van der Waals surface area contributed by atoms with Crippen molar-refractivity contribution in [2.45, 2.75) is 26.3 Å². The fourth-order valence-corrected chi connectivity index (χ4v) is 2.89. The molecule has 1 atom stereocenters. The maximum Gasteiger partial charge on any atom is 0.133 e. The summed E-state index contributed by atoms with van der Waals surface area (Å²) < 4.78 is 6.17. The van der Waals surface area contributed by atoms with Gasteiger partial charge in [0.25, 0.3) is 0 Å². The molecule has 0 aliphatic rings. The maximum absolute atomic E-state index is 6.29. The van der Waals surface area contributed by atoms with Gasteiger partial charge in [0.2, 0.25) is 0 Å². The number of hydrogen-bond acceptors (Lipinski definition) is 3. The number of rotatable bonds is 4. The standard InChI is InChI=1S/C16H19BrN2O/c1-10-6-11(2)16(19-9-10)14(18)8-12-4-5-15(20-3)13(17)7-12/h4-7,9,14H,8,18H2,1-3H3. The molecule has 0 fully saturated rings. The highest BCUT2D eigenvalue weighted by atomic mass is 79.9. The van der Waals surface area contributed by atoms with Crippen LogP contribution in [0, 0.1) is 13.8 Å². The average molecular weight is 335 g/mol. The van der Waals surface area contributed by atoms with E-state index in [1.807, 2.05) is 31.3 Å². The van der Waals surface area contributed by atoms with E-state index in [4.69, 9.17) is 10.5 Å². The molecular weight excluding hydrogens is 316 g/mol. The van der Waals surface area contributed by atoms with Crippen molar-refractivity contribution >= 4 is 15.9 Å². The molecule has 2 N–H and O–H groups in total. The van der Waals surface area contributed by atoms with Gasteiger partial charge in [-0.2, -0.15) is 0 Å². The molecule has 0 spiro atoms. The van der Waals surface area contributed by atoms with Crippen molar-refractivity contribution in [1.82, 2.24) is 4.98 Å². The van der Waals surface area contributed by atoms with Crippen molar-refractivity contribution in [3.05, 3.63) is 57.3 Å². The lowest BCUT2D eigenvalue weighted by Crippen LogP contribution is -2.16. The van der Waals surface area contributed by atoms with Gasteiger partial charge in [-0.1, -0.05) is 12.1 Å². The summed E-state index contributed by atoms with van der Waals surface area (Å²) in [6.07, 6.45) is 2.62. The Hall–Kier alpha value is -1.39. The average Bonchev–Trinajstić information content (AvgIpc) is 2.38. The summed E-state index contributed by atoms with van der Waals surface area (Å²) in [5.41, 5.74) is 10.7. The SMILES string of the molecule is COc1ccc(CC(N)c2ncc(C)cc2C)cc1Br. The lowest BCUT2D eigenvalue weighted by atomic mass is 10.00. The fourth-order valence-electron chi connectivity index (χ4n) is 2.30. The van der Waals surface area contributed by atoms with Crippen LogP contribution in [0.15, 0.2) is 34.9 Å². The molecule has 4 heteroatoms. The molecule has 106 valence electrons. The summed E-state index contributed by atoms with van der Waals surface area (Å²) in [6.45, 7) is 4.09. The van der Waals surface area contributed by atoms with Gasteiger partial charge in [0.05, 0.1) is 23.3 Å². The third-order valence-electron chi connectivity index (χ3n) is 3.28. The molecule has 0 radical (unpaired) electrons. The number of methoxy groups -OCH3 is 1. The summed E-state index contributed by atoms with van der Waals surface area (Å²) in [7, 11) is 1.66. The van der Waals surface area contributed by atoms with Gasteiger partial charge in [-0.25, -0.2) is 0 Å². The highest BCUT2D eigenvalue weighted by molar-refractivity contribution is 9.10. The van der Waals surface area contributed by atoms with E-state index in [-0.39, 0.29) is 6.04 Å². The predicted octanol–water partition coefficient (Wildman–Crippen LogP) is 3.71. The Balaban J connectivity index is 2.18. The summed E-state index contributed by atoms with van der Waals surface area (Å²) in [4.78, 5) is 4.47. The van der Waals surface area contributed by atoms with Crippen molar-refractivity contribution in [3.63, 3.8) is 0 Å². The second-order valence-electron chi connectivity index (χ2n) is 4.99. The minimum atomic E-state index is -0.101. The largest absolute Gasteiger partial charge is 0.496 e. The van der Waals surface area contributed by atoms with Gasteiger partial charge < -0.3 is 10.5 Å². The highest BCUT2D eigenvalue weighted by Gasteiger charge is 2.12. The van der Waals surface area contributed by atoms with Crippen LogP contribution in [0.25, 0.3) is 0 Å². The van der Waals surface area contributed by atoms with Gasteiger partial charge in [0, 0.05) is 6.20 Å². The molecule has 0 bridgehead atoms. The van der Waals surface area contributed by atoms with Crippen molar-refractivity contribution in [2.75, 3.05) is 7.11 Å². The summed E-state index contributed by atoms with van der Waals surface area (Å²) in [6, 6.07) is 8.04. The van der Waals surface area contributed by atoms with Crippen molar-refractivity contribution in [1.29, 1.82) is 0 Å². The molecule has 1 unspecified atom stereocenters. The third kappa shape index (κ3) is 3.38. The molecule has 1 aromatic carbocycles. The Morgan fingerprint density at radius 3 is 2.65 bits per heavy atom. The van der Waals surface area contributed by atoms with E-state index in [2.05, 4.69) is 33.9 Å². The van der Waals surface area contributed by atoms with Gasteiger partial charge in [0.1, 0.15) is 5.75 Å². The molecule has 2 aromatic rings. The third-order valence-corrected chi connectivity index (χ3v) is 3.90. The first kappa shape index (κ1) is 15.0. The minimum Gasteiger partial charge on any atom is -0.496 e. The van der Waals surface area contributed by atoms with Crippen LogP contribution in [0.5, 0.6) is 5.75 Å². The van der Waals surface area contributed by atoms with Gasteiger partial charge in [0.15, 0.2) is 0 Å². The number of nitrogens with zero attached hydrogens (tertiary/aromatic N) is 1. The molecule has 0 saturated heterocycles. The first-order valence-electron chi connectivity index (χ1n) is 6.52. The normalized spacial score (nSPS) is 12.2. The number of hydrogen-bond donors (Lipinski definition) is 1. The highest BCUT2D eigenvalue weighted by Crippen LogP contribution is 2.27. The molecule has 0 aliphatic carbocycles. The molecule has 2 rings (SSSR count). The van der Waals surface area contributed by atoms with Gasteiger partial charge in [-0.05, 0) is 65.0 Å². The zero-order chi connectivity index (χ0) is 14.7. The summed E-state index contributed by atoms with van der Waals surface area (Å²) in [5.74, 6) is 0.826. The number of ether oxygens (including phenoxy) is 1. The van der Waals surface area contributed by atoms with E-state index in [0.29, 0.717) is 0 Å². The zero-order valence-corrected chi connectivity index (χ0v) is 13.6. The summed E-state index contributed by atoms with van der Waals surface area (Å²) in [5, 5.41) is 0. The number of halogens is 1. The molecule has 0 amide bonds. The number of pyridine rings is 1. The van der Waals surface area contributed by atoms with E-state index in [1.165, 1.54) is 0 Å². The maximum atomic E-state index is 6.29. The Bertz CT molecular complexity index is 613. The van der Waals surface area contributed by atoms with E-state index in [1.54, 1.807) is 7.11 Å². The Morgan fingerprint density at radius 1 is 1.30 bits per heavy atom. The van der Waals surface area contributed by atoms with Crippen molar-refractivity contribution in [3.8, 4) is 5.75 Å². The zero-order valence-electron chi connectivity index (χ0n) is 12.0. The van der Waals surface area contributed by atoms with Crippen molar-refractivity contribution in [2.24, 2.45) is 5.73 Å². The van der Waals surface area contributed by atoms with Crippen LogP contribution in [0.1, 0.15) is 28.4 Å². The number of nitrogens with two attached hydrogens (primary N) is 1. The predicted molar refractivity (Wildman–Crippen MR) is 85.0 cm³/mol. The van der Waals surface area contributed by atoms with Gasteiger partial charge in [-0.15, -0.1) is 0 Å². The van der Waals surface area contributed by atoms with E-state index >= 15 is 0 Å².